The molecule has 0 saturated heterocycles. The highest BCUT2D eigenvalue weighted by molar-refractivity contribution is 5.24. The van der Waals surface area contributed by atoms with E-state index < -0.39 is 5.60 Å². The third kappa shape index (κ3) is 4.43. The number of nitrogens with one attached hydrogen (secondary N) is 1. The molecule has 1 rings (SSSR count). The maximum atomic E-state index is 9.53. The van der Waals surface area contributed by atoms with Gasteiger partial charge < -0.3 is 10.4 Å². The summed E-state index contributed by atoms with van der Waals surface area (Å²) in [6.45, 7) is 4.52. The molecule has 0 radical (unpaired) electrons. The second-order valence-corrected chi connectivity index (χ2v) is 4.54. The van der Waals surface area contributed by atoms with Gasteiger partial charge in [0.25, 0.3) is 0 Å². The number of rotatable bonds is 5. The predicted octanol–water partition coefficient (Wildman–Crippen LogP) is 1.65. The molecule has 3 heteroatoms. The summed E-state index contributed by atoms with van der Waals surface area (Å²) in [4.78, 5) is 0. The predicted molar refractivity (Wildman–Crippen MR) is 64.0 cm³/mol. The summed E-state index contributed by atoms with van der Waals surface area (Å²) >= 11 is 0. The minimum absolute atomic E-state index is 0.163. The summed E-state index contributed by atoms with van der Waals surface area (Å²) < 4.78 is 0. The summed E-state index contributed by atoms with van der Waals surface area (Å²) in [5.74, 6) is -0.163. The Balaban J connectivity index is 2.49. The fraction of sp³-hybridized carbons (Fsp3) is 0.462. The maximum absolute atomic E-state index is 9.53. The number of hydrogen-bond donors (Lipinski definition) is 2. The van der Waals surface area contributed by atoms with Crippen LogP contribution in [0.1, 0.15) is 25.3 Å². The summed E-state index contributed by atoms with van der Waals surface area (Å²) in [6, 6.07) is 11.9. The second-order valence-electron chi connectivity index (χ2n) is 4.54. The van der Waals surface area contributed by atoms with Crippen molar-refractivity contribution in [3.8, 4) is 6.07 Å². The van der Waals surface area contributed by atoms with Gasteiger partial charge in [0.2, 0.25) is 0 Å². The smallest absolute Gasteiger partial charge is 0.0837 e. The van der Waals surface area contributed by atoms with Crippen molar-refractivity contribution in [3.63, 3.8) is 0 Å². The largest absolute Gasteiger partial charge is 0.389 e. The van der Waals surface area contributed by atoms with Crippen LogP contribution in [0.4, 0.5) is 0 Å². The Morgan fingerprint density at radius 2 is 2.00 bits per heavy atom. The van der Waals surface area contributed by atoms with Crippen LogP contribution in [0.2, 0.25) is 0 Å². The highest BCUT2D eigenvalue weighted by Crippen LogP contribution is 2.13. The molecule has 2 N–H and O–H groups in total. The van der Waals surface area contributed by atoms with Gasteiger partial charge in [-0.15, -0.1) is 0 Å². The van der Waals surface area contributed by atoms with Crippen LogP contribution in [0.5, 0.6) is 0 Å². The van der Waals surface area contributed by atoms with Crippen molar-refractivity contribution in [1.82, 2.24) is 5.32 Å². The van der Waals surface area contributed by atoms with Crippen molar-refractivity contribution in [2.45, 2.75) is 25.4 Å². The SMILES string of the molecule is CC(C)(O)CNCC(C#N)c1ccccc1. The van der Waals surface area contributed by atoms with Gasteiger partial charge in [0.1, 0.15) is 0 Å². The topological polar surface area (TPSA) is 56.0 Å². The van der Waals surface area contributed by atoms with E-state index in [9.17, 15) is 5.11 Å². The zero-order valence-electron chi connectivity index (χ0n) is 9.77. The summed E-state index contributed by atoms with van der Waals surface area (Å²) in [5.41, 5.74) is 0.268. The number of nitriles is 1. The molecule has 1 aromatic rings. The fourth-order valence-corrected chi connectivity index (χ4v) is 1.45. The highest BCUT2D eigenvalue weighted by Gasteiger charge is 2.14. The van der Waals surface area contributed by atoms with E-state index in [4.69, 9.17) is 5.26 Å². The monoisotopic (exact) mass is 218 g/mol. The Morgan fingerprint density at radius 1 is 1.38 bits per heavy atom. The van der Waals surface area contributed by atoms with Crippen LogP contribution in [-0.2, 0) is 0 Å². The van der Waals surface area contributed by atoms with Gasteiger partial charge in [0, 0.05) is 13.1 Å². The van der Waals surface area contributed by atoms with E-state index in [-0.39, 0.29) is 5.92 Å². The van der Waals surface area contributed by atoms with Gasteiger partial charge >= 0.3 is 0 Å². The van der Waals surface area contributed by atoms with Gasteiger partial charge in [-0.2, -0.15) is 5.26 Å². The van der Waals surface area contributed by atoms with E-state index in [2.05, 4.69) is 11.4 Å². The summed E-state index contributed by atoms with van der Waals surface area (Å²) in [7, 11) is 0. The Morgan fingerprint density at radius 3 is 2.50 bits per heavy atom. The van der Waals surface area contributed by atoms with Gasteiger partial charge in [0.05, 0.1) is 17.6 Å². The molecular weight excluding hydrogens is 200 g/mol. The molecule has 0 aliphatic heterocycles. The van der Waals surface area contributed by atoms with Gasteiger partial charge in [-0.3, -0.25) is 0 Å². The first-order chi connectivity index (χ1) is 7.53. The lowest BCUT2D eigenvalue weighted by Gasteiger charge is -2.19. The van der Waals surface area contributed by atoms with Gasteiger partial charge in [-0.05, 0) is 19.4 Å². The van der Waals surface area contributed by atoms with Crippen LogP contribution in [-0.4, -0.2) is 23.8 Å². The van der Waals surface area contributed by atoms with Crippen LogP contribution < -0.4 is 5.32 Å². The fourth-order valence-electron chi connectivity index (χ4n) is 1.45. The normalized spacial score (nSPS) is 13.1. The molecule has 0 aromatic heterocycles. The lowest BCUT2D eigenvalue weighted by Crippen LogP contribution is -2.36. The zero-order chi connectivity index (χ0) is 12.0. The molecule has 3 nitrogen and oxygen atoms in total. The highest BCUT2D eigenvalue weighted by atomic mass is 16.3. The van der Waals surface area contributed by atoms with Crippen molar-refractivity contribution >= 4 is 0 Å². The molecule has 0 amide bonds. The van der Waals surface area contributed by atoms with Crippen LogP contribution in [0, 0.1) is 11.3 Å². The van der Waals surface area contributed by atoms with Crippen LogP contribution >= 0.6 is 0 Å². The number of nitrogens with zero attached hydrogens (tertiary/aromatic N) is 1. The average Bonchev–Trinajstić information content (AvgIpc) is 2.24. The van der Waals surface area contributed by atoms with Crippen molar-refractivity contribution in [1.29, 1.82) is 5.26 Å². The van der Waals surface area contributed by atoms with Crippen molar-refractivity contribution in [2.75, 3.05) is 13.1 Å². The van der Waals surface area contributed by atoms with E-state index in [0.29, 0.717) is 13.1 Å². The third-order valence-electron chi connectivity index (χ3n) is 2.26. The number of hydrogen-bond acceptors (Lipinski definition) is 3. The first kappa shape index (κ1) is 12.7. The molecule has 1 atom stereocenters. The molecule has 0 bridgehead atoms. The molecule has 0 aliphatic rings. The molecule has 86 valence electrons. The van der Waals surface area contributed by atoms with E-state index in [1.54, 1.807) is 13.8 Å². The van der Waals surface area contributed by atoms with Crippen LogP contribution in [0.25, 0.3) is 0 Å². The second kappa shape index (κ2) is 5.64. The molecule has 0 aliphatic carbocycles. The molecule has 1 aromatic carbocycles. The van der Waals surface area contributed by atoms with Gasteiger partial charge in [-0.25, -0.2) is 0 Å². The molecule has 0 spiro atoms. The molecule has 0 heterocycles. The Bertz CT molecular complexity index is 348. The van der Waals surface area contributed by atoms with Crippen molar-refractivity contribution < 1.29 is 5.11 Å². The number of aliphatic hydroxyl groups is 1. The Hall–Kier alpha value is -1.37. The first-order valence-corrected chi connectivity index (χ1v) is 5.40. The summed E-state index contributed by atoms with van der Waals surface area (Å²) in [6.07, 6.45) is 0. The van der Waals surface area contributed by atoms with E-state index in [1.165, 1.54) is 0 Å². The zero-order valence-corrected chi connectivity index (χ0v) is 9.77. The standard InChI is InChI=1S/C13H18N2O/c1-13(2,16)10-15-9-12(8-14)11-6-4-3-5-7-11/h3-7,12,15-16H,9-10H2,1-2H3. The summed E-state index contributed by atoms with van der Waals surface area (Å²) in [5, 5.41) is 21.7. The van der Waals surface area contributed by atoms with Crippen molar-refractivity contribution in [3.05, 3.63) is 35.9 Å². The Kier molecular flexibility index (Phi) is 4.48. The lowest BCUT2D eigenvalue weighted by atomic mass is 10.0. The van der Waals surface area contributed by atoms with Crippen molar-refractivity contribution in [2.24, 2.45) is 0 Å². The van der Waals surface area contributed by atoms with E-state index in [0.717, 1.165) is 5.56 Å². The van der Waals surface area contributed by atoms with E-state index in [1.807, 2.05) is 30.3 Å². The lowest BCUT2D eigenvalue weighted by molar-refractivity contribution is 0.0799. The van der Waals surface area contributed by atoms with Gasteiger partial charge in [-0.1, -0.05) is 30.3 Å². The van der Waals surface area contributed by atoms with Gasteiger partial charge in [0.15, 0.2) is 0 Å². The number of benzene rings is 1. The quantitative estimate of drug-likeness (QED) is 0.790. The van der Waals surface area contributed by atoms with Crippen LogP contribution in [0.15, 0.2) is 30.3 Å². The Labute approximate surface area is 96.7 Å². The van der Waals surface area contributed by atoms with E-state index >= 15 is 0 Å². The molecular formula is C13H18N2O. The minimum atomic E-state index is -0.739. The minimum Gasteiger partial charge on any atom is -0.389 e. The average molecular weight is 218 g/mol. The molecule has 0 saturated carbocycles. The van der Waals surface area contributed by atoms with Crippen LogP contribution in [0.3, 0.4) is 0 Å². The molecule has 1 unspecified atom stereocenters. The molecule has 16 heavy (non-hydrogen) atoms. The maximum Gasteiger partial charge on any atom is 0.0837 e. The third-order valence-corrected chi connectivity index (χ3v) is 2.26. The first-order valence-electron chi connectivity index (χ1n) is 5.40. The molecule has 0 fully saturated rings.